The number of methoxy groups -OCH3 is 1. The van der Waals surface area contributed by atoms with E-state index in [1.165, 1.54) is 7.11 Å². The second-order valence-corrected chi connectivity index (χ2v) is 3.71. The SMILES string of the molecule is C=CCOCC(COP(=O)(O)O)OC. The van der Waals surface area contributed by atoms with E-state index < -0.39 is 13.9 Å². The Morgan fingerprint density at radius 1 is 1.50 bits per heavy atom. The highest BCUT2D eigenvalue weighted by Crippen LogP contribution is 2.35. The van der Waals surface area contributed by atoms with Crippen molar-refractivity contribution >= 4 is 7.82 Å². The van der Waals surface area contributed by atoms with Gasteiger partial charge in [0.2, 0.25) is 0 Å². The van der Waals surface area contributed by atoms with E-state index in [2.05, 4.69) is 11.1 Å². The van der Waals surface area contributed by atoms with Gasteiger partial charge in [-0.2, -0.15) is 0 Å². The van der Waals surface area contributed by atoms with Crippen molar-refractivity contribution in [3.05, 3.63) is 12.7 Å². The Kier molecular flexibility index (Phi) is 7.00. The third kappa shape index (κ3) is 8.37. The van der Waals surface area contributed by atoms with Crippen LogP contribution in [0.4, 0.5) is 0 Å². The van der Waals surface area contributed by atoms with E-state index in [0.29, 0.717) is 6.61 Å². The minimum atomic E-state index is -4.43. The minimum Gasteiger partial charge on any atom is -0.377 e. The summed E-state index contributed by atoms with van der Waals surface area (Å²) < 4.78 is 24.5. The average molecular weight is 226 g/mol. The normalized spacial score (nSPS) is 13.9. The minimum absolute atomic E-state index is 0.197. The zero-order valence-electron chi connectivity index (χ0n) is 7.96. The van der Waals surface area contributed by atoms with Crippen LogP contribution in [0.15, 0.2) is 12.7 Å². The first-order valence-electron chi connectivity index (χ1n) is 3.91. The number of ether oxygens (including phenoxy) is 2. The maximum atomic E-state index is 10.3. The lowest BCUT2D eigenvalue weighted by Crippen LogP contribution is -2.23. The highest BCUT2D eigenvalue weighted by Gasteiger charge is 2.17. The topological polar surface area (TPSA) is 85.2 Å². The molecule has 2 N–H and O–H groups in total. The molecule has 0 bridgehead atoms. The maximum Gasteiger partial charge on any atom is 0.469 e. The van der Waals surface area contributed by atoms with E-state index in [1.807, 2.05) is 0 Å². The number of phosphoric acid groups is 1. The maximum absolute atomic E-state index is 10.3. The fourth-order valence-corrected chi connectivity index (χ4v) is 1.01. The average Bonchev–Trinajstić information content (AvgIpc) is 2.09. The fraction of sp³-hybridized carbons (Fsp3) is 0.714. The lowest BCUT2D eigenvalue weighted by atomic mass is 10.4. The molecule has 1 atom stereocenters. The lowest BCUT2D eigenvalue weighted by Gasteiger charge is -2.15. The first-order valence-corrected chi connectivity index (χ1v) is 5.44. The van der Waals surface area contributed by atoms with E-state index >= 15 is 0 Å². The standard InChI is InChI=1S/C7H15O6P/c1-3-4-12-5-7(11-2)6-13-14(8,9)10/h3,7H,1,4-6H2,2H3,(H2,8,9,10). The van der Waals surface area contributed by atoms with Gasteiger partial charge in [-0.3, -0.25) is 4.52 Å². The van der Waals surface area contributed by atoms with Gasteiger partial charge in [0, 0.05) is 7.11 Å². The number of hydrogen-bond acceptors (Lipinski definition) is 4. The van der Waals surface area contributed by atoms with Crippen molar-refractivity contribution in [3.63, 3.8) is 0 Å². The van der Waals surface area contributed by atoms with Crippen LogP contribution < -0.4 is 0 Å². The molecule has 0 aromatic rings. The Morgan fingerprint density at radius 2 is 2.14 bits per heavy atom. The third-order valence-electron chi connectivity index (χ3n) is 1.30. The summed E-state index contributed by atoms with van der Waals surface area (Å²) in [5.74, 6) is 0. The molecule has 7 heteroatoms. The van der Waals surface area contributed by atoms with E-state index in [9.17, 15) is 4.57 Å². The molecule has 0 aromatic carbocycles. The first kappa shape index (κ1) is 13.8. The van der Waals surface area contributed by atoms with Gasteiger partial charge in [-0.15, -0.1) is 6.58 Å². The second-order valence-electron chi connectivity index (χ2n) is 2.47. The molecular weight excluding hydrogens is 211 g/mol. The summed E-state index contributed by atoms with van der Waals surface area (Å²) in [5, 5.41) is 0. The Bertz CT molecular complexity index is 200. The number of hydrogen-bond donors (Lipinski definition) is 2. The Hall–Kier alpha value is -0.230. The molecule has 0 spiro atoms. The zero-order chi connectivity index (χ0) is 11.0. The molecule has 0 rings (SSSR count). The predicted molar refractivity (Wildman–Crippen MR) is 49.8 cm³/mol. The summed E-state index contributed by atoms with van der Waals surface area (Å²) in [6.45, 7) is 3.79. The van der Waals surface area contributed by atoms with Crippen LogP contribution in [-0.4, -0.2) is 42.8 Å². The molecule has 0 fully saturated rings. The molecule has 1 unspecified atom stereocenters. The summed E-state index contributed by atoms with van der Waals surface area (Å²) in [4.78, 5) is 16.8. The predicted octanol–water partition coefficient (Wildman–Crippen LogP) is 0.313. The second kappa shape index (κ2) is 7.11. The van der Waals surface area contributed by atoms with Crippen molar-refractivity contribution in [1.82, 2.24) is 0 Å². The van der Waals surface area contributed by atoms with Gasteiger partial charge in [0.25, 0.3) is 0 Å². The van der Waals surface area contributed by atoms with Gasteiger partial charge in [0.15, 0.2) is 0 Å². The van der Waals surface area contributed by atoms with E-state index in [-0.39, 0.29) is 13.2 Å². The van der Waals surface area contributed by atoms with Gasteiger partial charge < -0.3 is 19.3 Å². The summed E-state index contributed by atoms with van der Waals surface area (Å²) in [7, 11) is -3.02. The first-order chi connectivity index (χ1) is 6.49. The molecule has 0 radical (unpaired) electrons. The Balaban J connectivity index is 3.68. The van der Waals surface area contributed by atoms with Crippen molar-refractivity contribution in [2.24, 2.45) is 0 Å². The van der Waals surface area contributed by atoms with Crippen LogP contribution in [0.1, 0.15) is 0 Å². The van der Waals surface area contributed by atoms with Crippen molar-refractivity contribution < 1.29 is 28.3 Å². The molecular formula is C7H15O6P. The van der Waals surface area contributed by atoms with Crippen molar-refractivity contribution in [2.75, 3.05) is 26.9 Å². The van der Waals surface area contributed by atoms with Crippen molar-refractivity contribution in [2.45, 2.75) is 6.10 Å². The molecule has 14 heavy (non-hydrogen) atoms. The smallest absolute Gasteiger partial charge is 0.377 e. The molecule has 0 saturated heterocycles. The third-order valence-corrected chi connectivity index (χ3v) is 1.79. The van der Waals surface area contributed by atoms with Gasteiger partial charge in [0.1, 0.15) is 6.10 Å². The van der Waals surface area contributed by atoms with Gasteiger partial charge in [0.05, 0.1) is 19.8 Å². The Labute approximate surface area is 82.7 Å². The number of phosphoric ester groups is 1. The molecule has 6 nitrogen and oxygen atoms in total. The summed E-state index contributed by atoms with van der Waals surface area (Å²) in [5.41, 5.74) is 0. The molecule has 84 valence electrons. The van der Waals surface area contributed by atoms with E-state index in [0.717, 1.165) is 0 Å². The molecule has 0 heterocycles. The van der Waals surface area contributed by atoms with Gasteiger partial charge >= 0.3 is 7.82 Å². The quantitative estimate of drug-likeness (QED) is 0.352. The lowest BCUT2D eigenvalue weighted by molar-refractivity contribution is -0.0131. The monoisotopic (exact) mass is 226 g/mol. The Morgan fingerprint density at radius 3 is 2.57 bits per heavy atom. The highest BCUT2D eigenvalue weighted by molar-refractivity contribution is 7.46. The largest absolute Gasteiger partial charge is 0.469 e. The molecule has 0 amide bonds. The van der Waals surface area contributed by atoms with Crippen LogP contribution >= 0.6 is 7.82 Å². The van der Waals surface area contributed by atoms with Crippen molar-refractivity contribution in [1.29, 1.82) is 0 Å². The summed E-state index contributed by atoms with van der Waals surface area (Å²) >= 11 is 0. The van der Waals surface area contributed by atoms with Crippen LogP contribution in [0, 0.1) is 0 Å². The van der Waals surface area contributed by atoms with Gasteiger partial charge in [-0.05, 0) is 0 Å². The zero-order valence-corrected chi connectivity index (χ0v) is 8.85. The van der Waals surface area contributed by atoms with Crippen LogP contribution in [-0.2, 0) is 18.6 Å². The van der Waals surface area contributed by atoms with Crippen LogP contribution in [0.5, 0.6) is 0 Å². The van der Waals surface area contributed by atoms with Crippen LogP contribution in [0.3, 0.4) is 0 Å². The van der Waals surface area contributed by atoms with Gasteiger partial charge in [-0.1, -0.05) is 6.08 Å². The molecule has 0 aliphatic heterocycles. The molecule has 0 aromatic heterocycles. The van der Waals surface area contributed by atoms with E-state index in [4.69, 9.17) is 19.3 Å². The summed E-state index contributed by atoms with van der Waals surface area (Å²) in [6.07, 6.45) is 1.07. The summed E-state index contributed by atoms with van der Waals surface area (Å²) in [6, 6.07) is 0. The van der Waals surface area contributed by atoms with Crippen molar-refractivity contribution in [3.8, 4) is 0 Å². The van der Waals surface area contributed by atoms with Gasteiger partial charge in [-0.25, -0.2) is 4.57 Å². The highest BCUT2D eigenvalue weighted by atomic mass is 31.2. The van der Waals surface area contributed by atoms with Crippen LogP contribution in [0.25, 0.3) is 0 Å². The molecule has 0 aliphatic carbocycles. The number of rotatable bonds is 8. The van der Waals surface area contributed by atoms with E-state index in [1.54, 1.807) is 6.08 Å². The molecule has 0 aliphatic rings. The van der Waals surface area contributed by atoms with Crippen LogP contribution in [0.2, 0.25) is 0 Å². The fourth-order valence-electron chi connectivity index (χ4n) is 0.647. The molecule has 0 saturated carbocycles.